The molecule has 1 atom stereocenters. The van der Waals surface area contributed by atoms with Crippen LogP contribution in [0.25, 0.3) is 0 Å². The molecule has 128 valence electrons. The molecule has 24 heavy (non-hydrogen) atoms. The summed E-state index contributed by atoms with van der Waals surface area (Å²) < 4.78 is 18.2. The van der Waals surface area contributed by atoms with E-state index in [2.05, 4.69) is 5.32 Å². The van der Waals surface area contributed by atoms with E-state index in [9.17, 15) is 14.3 Å². The van der Waals surface area contributed by atoms with Gasteiger partial charge in [0.15, 0.2) is 0 Å². The molecular weight excluding hydrogens is 309 g/mol. The van der Waals surface area contributed by atoms with Gasteiger partial charge in [0.25, 0.3) is 0 Å². The summed E-state index contributed by atoms with van der Waals surface area (Å²) in [4.78, 5) is 11.8. The highest BCUT2D eigenvalue weighted by atomic mass is 19.1. The molecule has 2 aromatic carbocycles. The smallest absolute Gasteiger partial charge is 0.220 e. The number of rotatable bonds is 8. The first kappa shape index (κ1) is 17.9. The van der Waals surface area contributed by atoms with E-state index in [0.717, 1.165) is 5.56 Å². The zero-order valence-corrected chi connectivity index (χ0v) is 13.7. The van der Waals surface area contributed by atoms with Gasteiger partial charge in [-0.25, -0.2) is 4.39 Å². The minimum atomic E-state index is -1.11. The van der Waals surface area contributed by atoms with E-state index in [4.69, 9.17) is 4.74 Å². The van der Waals surface area contributed by atoms with E-state index >= 15 is 0 Å². The van der Waals surface area contributed by atoms with Crippen molar-refractivity contribution in [1.29, 1.82) is 0 Å². The van der Waals surface area contributed by atoms with Crippen molar-refractivity contribution in [2.24, 2.45) is 0 Å². The van der Waals surface area contributed by atoms with Crippen molar-refractivity contribution in [3.05, 3.63) is 66.0 Å². The average Bonchev–Trinajstić information content (AvgIpc) is 2.59. The van der Waals surface area contributed by atoms with Gasteiger partial charge in [-0.3, -0.25) is 4.79 Å². The van der Waals surface area contributed by atoms with Gasteiger partial charge in [0, 0.05) is 6.42 Å². The van der Waals surface area contributed by atoms with Gasteiger partial charge in [-0.15, -0.1) is 0 Å². The molecule has 2 rings (SSSR count). The second-order valence-corrected chi connectivity index (χ2v) is 5.82. The van der Waals surface area contributed by atoms with E-state index in [1.54, 1.807) is 19.1 Å². The van der Waals surface area contributed by atoms with Gasteiger partial charge in [-0.2, -0.15) is 0 Å². The first-order valence-electron chi connectivity index (χ1n) is 7.90. The monoisotopic (exact) mass is 331 g/mol. The van der Waals surface area contributed by atoms with E-state index in [0.29, 0.717) is 25.2 Å². The minimum absolute atomic E-state index is 0.145. The van der Waals surface area contributed by atoms with Gasteiger partial charge in [0.1, 0.15) is 17.2 Å². The lowest BCUT2D eigenvalue weighted by atomic mass is 9.96. The highest BCUT2D eigenvalue weighted by molar-refractivity contribution is 5.75. The molecular formula is C19H22FNO3. The standard InChI is InChI=1S/C19H22FNO3/c1-19(23,15-6-3-2-4-7-15)14-21-18(22)8-5-13-24-17-11-9-16(20)10-12-17/h2-4,6-7,9-12,23H,5,8,13-14H2,1H3,(H,21,22). The first-order valence-corrected chi connectivity index (χ1v) is 7.90. The van der Waals surface area contributed by atoms with Crippen LogP contribution >= 0.6 is 0 Å². The third kappa shape index (κ3) is 5.66. The summed E-state index contributed by atoms with van der Waals surface area (Å²) in [5.41, 5.74) is -0.355. The second-order valence-electron chi connectivity index (χ2n) is 5.82. The van der Waals surface area contributed by atoms with Gasteiger partial charge in [-0.1, -0.05) is 30.3 Å². The van der Waals surface area contributed by atoms with Crippen molar-refractivity contribution in [1.82, 2.24) is 5.32 Å². The third-order valence-corrected chi connectivity index (χ3v) is 3.66. The quantitative estimate of drug-likeness (QED) is 0.731. The lowest BCUT2D eigenvalue weighted by Crippen LogP contribution is -2.38. The van der Waals surface area contributed by atoms with Gasteiger partial charge in [0.05, 0.1) is 13.2 Å². The summed E-state index contributed by atoms with van der Waals surface area (Å²) >= 11 is 0. The summed E-state index contributed by atoms with van der Waals surface area (Å²) in [5.74, 6) is 0.116. The molecule has 0 aliphatic carbocycles. The van der Waals surface area contributed by atoms with Gasteiger partial charge >= 0.3 is 0 Å². The molecule has 2 aromatic rings. The van der Waals surface area contributed by atoms with Crippen molar-refractivity contribution in [3.63, 3.8) is 0 Å². The van der Waals surface area contributed by atoms with Crippen LogP contribution in [-0.4, -0.2) is 24.2 Å². The van der Waals surface area contributed by atoms with Crippen LogP contribution in [0.15, 0.2) is 54.6 Å². The molecule has 0 heterocycles. The van der Waals surface area contributed by atoms with Crippen molar-refractivity contribution >= 4 is 5.91 Å². The number of hydrogen-bond donors (Lipinski definition) is 2. The van der Waals surface area contributed by atoms with Crippen LogP contribution in [0, 0.1) is 5.82 Å². The van der Waals surface area contributed by atoms with E-state index in [1.165, 1.54) is 12.1 Å². The molecule has 0 saturated carbocycles. The maximum absolute atomic E-state index is 12.8. The molecule has 2 N–H and O–H groups in total. The number of halogens is 1. The average molecular weight is 331 g/mol. The summed E-state index contributed by atoms with van der Waals surface area (Å²) in [6, 6.07) is 15.0. The van der Waals surface area contributed by atoms with Crippen molar-refractivity contribution in [2.45, 2.75) is 25.4 Å². The number of carbonyl (C=O) groups is 1. The number of amides is 1. The molecule has 4 nitrogen and oxygen atoms in total. The number of ether oxygens (including phenoxy) is 1. The Hall–Kier alpha value is -2.40. The molecule has 0 aliphatic rings. The number of nitrogens with one attached hydrogen (secondary N) is 1. The molecule has 1 unspecified atom stereocenters. The molecule has 0 fully saturated rings. The lowest BCUT2D eigenvalue weighted by molar-refractivity contribution is -0.122. The zero-order chi connectivity index (χ0) is 17.4. The highest BCUT2D eigenvalue weighted by Crippen LogP contribution is 2.19. The van der Waals surface area contributed by atoms with Gasteiger partial charge in [0.2, 0.25) is 5.91 Å². The first-order chi connectivity index (χ1) is 11.5. The molecule has 1 amide bonds. The van der Waals surface area contributed by atoms with Crippen LogP contribution in [0.2, 0.25) is 0 Å². The Morgan fingerprint density at radius 3 is 2.50 bits per heavy atom. The van der Waals surface area contributed by atoms with Crippen molar-refractivity contribution in [2.75, 3.05) is 13.2 Å². The maximum Gasteiger partial charge on any atom is 0.220 e. The third-order valence-electron chi connectivity index (χ3n) is 3.66. The summed E-state index contributed by atoms with van der Waals surface area (Å²) in [7, 11) is 0. The Bertz CT molecular complexity index is 641. The normalized spacial score (nSPS) is 13.1. The number of hydrogen-bond acceptors (Lipinski definition) is 3. The molecule has 0 bridgehead atoms. The largest absolute Gasteiger partial charge is 0.494 e. The Kier molecular flexibility index (Phi) is 6.32. The van der Waals surface area contributed by atoms with Crippen LogP contribution in [0.3, 0.4) is 0 Å². The molecule has 0 aliphatic heterocycles. The maximum atomic E-state index is 12.8. The minimum Gasteiger partial charge on any atom is -0.494 e. The molecule has 0 saturated heterocycles. The van der Waals surface area contributed by atoms with Gasteiger partial charge < -0.3 is 15.2 Å². The van der Waals surface area contributed by atoms with E-state index in [-0.39, 0.29) is 18.3 Å². The van der Waals surface area contributed by atoms with Crippen LogP contribution in [0.5, 0.6) is 5.75 Å². The topological polar surface area (TPSA) is 58.6 Å². The fourth-order valence-electron chi connectivity index (χ4n) is 2.21. The summed E-state index contributed by atoms with van der Waals surface area (Å²) in [6.07, 6.45) is 0.836. The van der Waals surface area contributed by atoms with Crippen LogP contribution < -0.4 is 10.1 Å². The summed E-state index contributed by atoms with van der Waals surface area (Å²) in [6.45, 7) is 2.18. The van der Waals surface area contributed by atoms with Crippen molar-refractivity contribution < 1.29 is 19.0 Å². The summed E-state index contributed by atoms with van der Waals surface area (Å²) in [5, 5.41) is 13.1. The fraction of sp³-hybridized carbons (Fsp3) is 0.316. The van der Waals surface area contributed by atoms with Crippen LogP contribution in [0.1, 0.15) is 25.3 Å². The predicted molar refractivity (Wildman–Crippen MR) is 90.2 cm³/mol. The van der Waals surface area contributed by atoms with E-state index < -0.39 is 5.60 Å². The molecule has 0 aromatic heterocycles. The Labute approximate surface area is 141 Å². The van der Waals surface area contributed by atoms with Gasteiger partial charge in [-0.05, 0) is 43.2 Å². The van der Waals surface area contributed by atoms with Crippen LogP contribution in [0.4, 0.5) is 4.39 Å². The second kappa shape index (κ2) is 8.45. The molecule has 5 heteroatoms. The Balaban J connectivity index is 1.67. The van der Waals surface area contributed by atoms with Crippen molar-refractivity contribution in [3.8, 4) is 5.75 Å². The molecule has 0 radical (unpaired) electrons. The number of aliphatic hydroxyl groups is 1. The predicted octanol–water partition coefficient (Wildman–Crippen LogP) is 3.01. The molecule has 0 spiro atoms. The highest BCUT2D eigenvalue weighted by Gasteiger charge is 2.23. The fourth-order valence-corrected chi connectivity index (χ4v) is 2.21. The Morgan fingerprint density at radius 2 is 1.83 bits per heavy atom. The number of benzene rings is 2. The SMILES string of the molecule is CC(O)(CNC(=O)CCCOc1ccc(F)cc1)c1ccccc1. The Morgan fingerprint density at radius 1 is 1.17 bits per heavy atom. The lowest BCUT2D eigenvalue weighted by Gasteiger charge is -2.24. The van der Waals surface area contributed by atoms with E-state index in [1.807, 2.05) is 30.3 Å². The number of carbonyl (C=O) groups excluding carboxylic acids is 1. The van der Waals surface area contributed by atoms with Crippen LogP contribution in [-0.2, 0) is 10.4 Å². The zero-order valence-electron chi connectivity index (χ0n) is 13.7.